The Hall–Kier alpha value is -1.49. The van der Waals surface area contributed by atoms with Gasteiger partial charge in [-0.25, -0.2) is 4.39 Å². The lowest BCUT2D eigenvalue weighted by Crippen LogP contribution is -2.06. The van der Waals surface area contributed by atoms with Crippen molar-refractivity contribution >= 4 is 18.1 Å². The zero-order valence-corrected chi connectivity index (χ0v) is 11.4. The van der Waals surface area contributed by atoms with Gasteiger partial charge in [-0.3, -0.25) is 4.68 Å². The maximum absolute atomic E-state index is 12.2. The summed E-state index contributed by atoms with van der Waals surface area (Å²) in [6, 6.07) is 4.07. The molecule has 0 radical (unpaired) electrons. The Morgan fingerprint density at radius 1 is 1.44 bits per heavy atom. The van der Waals surface area contributed by atoms with Crippen LogP contribution in [0.5, 0.6) is 0 Å². The quantitative estimate of drug-likeness (QED) is 0.908. The molecule has 100 valence electrons. The monoisotopic (exact) mass is 272 g/mol. The molecule has 4 nitrogen and oxygen atoms in total. The molecule has 1 N–H and O–H groups in total. The van der Waals surface area contributed by atoms with Gasteiger partial charge in [-0.15, -0.1) is 12.4 Å². The molecule has 2 aromatic rings. The fourth-order valence-corrected chi connectivity index (χ4v) is 1.79. The van der Waals surface area contributed by atoms with Gasteiger partial charge in [0.05, 0.1) is 30.7 Å². The van der Waals surface area contributed by atoms with E-state index in [1.54, 1.807) is 10.9 Å². The molecule has 6 heteroatoms. The lowest BCUT2D eigenvalue weighted by molar-refractivity contribution is 0.423. The van der Waals surface area contributed by atoms with Crippen LogP contribution in [0.15, 0.2) is 24.5 Å². The number of hydrogen-bond acceptors (Lipinski definition) is 2. The molecule has 0 aromatic carbocycles. The minimum absolute atomic E-state index is 0. The van der Waals surface area contributed by atoms with Gasteiger partial charge in [0.1, 0.15) is 6.67 Å². The summed E-state index contributed by atoms with van der Waals surface area (Å²) < 4.78 is 16.0. The number of nitrogens with one attached hydrogen (secondary N) is 1. The van der Waals surface area contributed by atoms with E-state index >= 15 is 0 Å². The molecule has 0 atom stereocenters. The second-order valence-electron chi connectivity index (χ2n) is 4.02. The minimum atomic E-state index is -0.389. The van der Waals surface area contributed by atoms with E-state index < -0.39 is 0 Å². The Balaban J connectivity index is 0.00000162. The highest BCUT2D eigenvalue weighted by Crippen LogP contribution is 2.14. The Morgan fingerprint density at radius 3 is 2.83 bits per heavy atom. The normalized spacial score (nSPS) is 10.2. The van der Waals surface area contributed by atoms with Crippen molar-refractivity contribution in [2.75, 3.05) is 12.0 Å². The molecule has 2 heterocycles. The fraction of sp³-hybridized carbons (Fsp3) is 0.417. The molecule has 0 saturated heterocycles. The molecular weight excluding hydrogens is 255 g/mol. The average molecular weight is 273 g/mol. The molecule has 0 saturated carbocycles. The van der Waals surface area contributed by atoms with Gasteiger partial charge in [0, 0.05) is 18.9 Å². The summed E-state index contributed by atoms with van der Waals surface area (Å²) >= 11 is 0. The van der Waals surface area contributed by atoms with Gasteiger partial charge in [-0.2, -0.15) is 5.10 Å². The van der Waals surface area contributed by atoms with Crippen molar-refractivity contribution in [3.63, 3.8) is 0 Å². The summed E-state index contributed by atoms with van der Waals surface area (Å²) in [6.45, 7) is 2.61. The van der Waals surface area contributed by atoms with Gasteiger partial charge in [0.15, 0.2) is 0 Å². The Bertz CT molecular complexity index is 492. The first-order chi connectivity index (χ1) is 8.22. The predicted molar refractivity (Wildman–Crippen MR) is 72.9 cm³/mol. The second-order valence-corrected chi connectivity index (χ2v) is 4.02. The van der Waals surface area contributed by atoms with Crippen molar-refractivity contribution in [2.24, 2.45) is 7.05 Å². The Labute approximate surface area is 112 Å². The predicted octanol–water partition coefficient (Wildman–Crippen LogP) is 2.53. The van der Waals surface area contributed by atoms with Gasteiger partial charge < -0.3 is 9.88 Å². The van der Waals surface area contributed by atoms with Gasteiger partial charge in [-0.1, -0.05) is 0 Å². The molecule has 0 fully saturated rings. The number of alkyl halides is 1. The topological polar surface area (TPSA) is 34.8 Å². The smallest absolute Gasteiger partial charge is 0.109 e. The van der Waals surface area contributed by atoms with Crippen molar-refractivity contribution in [2.45, 2.75) is 20.0 Å². The fourth-order valence-electron chi connectivity index (χ4n) is 1.79. The van der Waals surface area contributed by atoms with Crippen LogP contribution in [0.25, 0.3) is 0 Å². The summed E-state index contributed by atoms with van der Waals surface area (Å²) in [7, 11) is 2.01. The van der Waals surface area contributed by atoms with Crippen molar-refractivity contribution < 1.29 is 4.39 Å². The summed E-state index contributed by atoms with van der Waals surface area (Å²) in [5.74, 6) is 0. The third-order valence-corrected chi connectivity index (χ3v) is 2.91. The van der Waals surface area contributed by atoms with Crippen molar-refractivity contribution in [1.82, 2.24) is 14.3 Å². The van der Waals surface area contributed by atoms with Crippen LogP contribution in [0.2, 0.25) is 0 Å². The molecular formula is C12H18ClFN4. The number of halogens is 2. The maximum Gasteiger partial charge on any atom is 0.109 e. The van der Waals surface area contributed by atoms with Crippen molar-refractivity contribution in [1.29, 1.82) is 0 Å². The highest BCUT2D eigenvalue weighted by Gasteiger charge is 2.06. The van der Waals surface area contributed by atoms with Gasteiger partial charge in [-0.05, 0) is 19.1 Å². The maximum atomic E-state index is 12.2. The number of rotatable bonds is 5. The minimum Gasteiger partial charge on any atom is -0.377 e. The first kappa shape index (κ1) is 14.6. The van der Waals surface area contributed by atoms with Crippen LogP contribution in [-0.2, 0) is 20.1 Å². The first-order valence-electron chi connectivity index (χ1n) is 5.65. The molecule has 0 spiro atoms. The first-order valence-corrected chi connectivity index (χ1v) is 5.65. The van der Waals surface area contributed by atoms with E-state index in [1.807, 2.05) is 26.2 Å². The van der Waals surface area contributed by atoms with Crippen molar-refractivity contribution in [3.05, 3.63) is 35.9 Å². The van der Waals surface area contributed by atoms with E-state index in [0.29, 0.717) is 6.54 Å². The van der Waals surface area contributed by atoms with E-state index in [4.69, 9.17) is 0 Å². The SMILES string of the molecule is Cc1c(NCc2cccn2C)cnn1CCF.Cl. The van der Waals surface area contributed by atoms with Gasteiger partial charge in [0.2, 0.25) is 0 Å². The summed E-state index contributed by atoms with van der Waals surface area (Å²) in [5.41, 5.74) is 3.12. The van der Waals surface area contributed by atoms with E-state index in [9.17, 15) is 4.39 Å². The van der Waals surface area contributed by atoms with Crippen LogP contribution >= 0.6 is 12.4 Å². The Kier molecular flexibility index (Phi) is 5.22. The van der Waals surface area contributed by atoms with Crippen LogP contribution < -0.4 is 5.32 Å². The van der Waals surface area contributed by atoms with Gasteiger partial charge >= 0.3 is 0 Å². The Morgan fingerprint density at radius 2 is 2.22 bits per heavy atom. The number of nitrogens with zero attached hydrogens (tertiary/aromatic N) is 3. The molecule has 0 aliphatic carbocycles. The van der Waals surface area contributed by atoms with Crippen LogP contribution in [0.1, 0.15) is 11.4 Å². The molecule has 0 aliphatic rings. The number of aryl methyl sites for hydroxylation is 2. The largest absolute Gasteiger partial charge is 0.377 e. The summed E-state index contributed by atoms with van der Waals surface area (Å²) in [4.78, 5) is 0. The lowest BCUT2D eigenvalue weighted by Gasteiger charge is -2.07. The van der Waals surface area contributed by atoms with Crippen LogP contribution in [0, 0.1) is 6.92 Å². The summed E-state index contributed by atoms with van der Waals surface area (Å²) in [5, 5.41) is 7.44. The number of anilines is 1. The number of hydrogen-bond donors (Lipinski definition) is 1. The molecule has 0 bridgehead atoms. The molecule has 2 rings (SSSR count). The third kappa shape index (κ3) is 3.04. The molecule has 18 heavy (non-hydrogen) atoms. The number of aromatic nitrogens is 3. The van der Waals surface area contributed by atoms with E-state index in [0.717, 1.165) is 17.9 Å². The van der Waals surface area contributed by atoms with Gasteiger partial charge in [0.25, 0.3) is 0 Å². The van der Waals surface area contributed by atoms with Crippen molar-refractivity contribution in [3.8, 4) is 0 Å². The van der Waals surface area contributed by atoms with Crippen LogP contribution in [0.4, 0.5) is 10.1 Å². The van der Waals surface area contributed by atoms with E-state index in [2.05, 4.69) is 21.0 Å². The van der Waals surface area contributed by atoms with Crippen LogP contribution in [0.3, 0.4) is 0 Å². The van der Waals surface area contributed by atoms with Crippen LogP contribution in [-0.4, -0.2) is 21.0 Å². The average Bonchev–Trinajstić information content (AvgIpc) is 2.86. The highest BCUT2D eigenvalue weighted by molar-refractivity contribution is 5.85. The standard InChI is InChI=1S/C12H17FN4.ClH/c1-10-12(9-15-17(10)7-5-13)14-8-11-4-3-6-16(11)2;/h3-4,6,9,14H,5,7-8H2,1-2H3;1H. The zero-order chi connectivity index (χ0) is 12.3. The summed E-state index contributed by atoms with van der Waals surface area (Å²) in [6.07, 6.45) is 3.75. The van der Waals surface area contributed by atoms with E-state index in [1.165, 1.54) is 5.69 Å². The second kappa shape index (κ2) is 6.44. The molecule has 0 unspecified atom stereocenters. The van der Waals surface area contributed by atoms with E-state index in [-0.39, 0.29) is 19.1 Å². The molecule has 2 aromatic heterocycles. The lowest BCUT2D eigenvalue weighted by atomic mass is 10.3. The molecule has 0 amide bonds. The third-order valence-electron chi connectivity index (χ3n) is 2.91. The highest BCUT2D eigenvalue weighted by atomic mass is 35.5. The zero-order valence-electron chi connectivity index (χ0n) is 10.6. The molecule has 0 aliphatic heterocycles.